The van der Waals surface area contributed by atoms with Crippen LogP contribution in [0.4, 0.5) is 0 Å². The Morgan fingerprint density at radius 2 is 2.22 bits per heavy atom. The summed E-state index contributed by atoms with van der Waals surface area (Å²) < 4.78 is 5.82. The van der Waals surface area contributed by atoms with Crippen molar-refractivity contribution >= 4 is 17.6 Å². The van der Waals surface area contributed by atoms with Crippen LogP contribution in [0.3, 0.4) is 0 Å². The summed E-state index contributed by atoms with van der Waals surface area (Å²) in [5, 5.41) is 18.6. The normalized spacial score (nSPS) is 52.6. The lowest BCUT2D eigenvalue weighted by atomic mass is 9.90. The Morgan fingerprint density at radius 1 is 1.50 bits per heavy atom. The predicted molar refractivity (Wildman–Crippen MR) is 65.8 cm³/mol. The van der Waals surface area contributed by atoms with Gasteiger partial charge in [0.2, 0.25) is 0 Å². The Kier molecular flexibility index (Phi) is 1.98. The van der Waals surface area contributed by atoms with Crippen molar-refractivity contribution in [1.29, 1.82) is 10.5 Å². The molecule has 0 aromatic rings. The van der Waals surface area contributed by atoms with Gasteiger partial charge in [0.05, 0.1) is 18.7 Å². The molecule has 4 atom stereocenters. The standard InChI is InChI=1S/C12H14N4OS/c1-3-9(2)10(6-13)8(15)16-12(11(9,10)7-14)17-4-5-18-12/h3-5H2,1-2H3,(H2,15,16)/p+1/t9-,10+,11-,12-/m1/s1. The van der Waals surface area contributed by atoms with Crippen LogP contribution in [-0.4, -0.2) is 23.3 Å². The molecule has 1 saturated carbocycles. The Morgan fingerprint density at radius 3 is 2.61 bits per heavy atom. The van der Waals surface area contributed by atoms with Crippen LogP contribution in [0.1, 0.15) is 20.3 Å². The molecular weight excluding hydrogens is 248 g/mol. The number of nitrogens with zero attached hydrogens (tertiary/aromatic N) is 2. The molecule has 1 saturated heterocycles. The van der Waals surface area contributed by atoms with E-state index in [9.17, 15) is 10.5 Å². The van der Waals surface area contributed by atoms with E-state index in [0.717, 1.165) is 12.2 Å². The number of fused-ring (bicyclic) bond motifs is 2. The van der Waals surface area contributed by atoms with Crippen molar-refractivity contribution in [2.24, 2.45) is 22.0 Å². The van der Waals surface area contributed by atoms with Crippen LogP contribution in [0.5, 0.6) is 0 Å². The monoisotopic (exact) mass is 263 g/mol. The number of ether oxygens (including phenoxy) is 1. The van der Waals surface area contributed by atoms with Crippen LogP contribution in [0, 0.1) is 38.9 Å². The highest BCUT2D eigenvalue weighted by Crippen LogP contribution is 2.85. The summed E-state index contributed by atoms with van der Waals surface area (Å²) in [5.41, 5.74) is 3.81. The first-order valence-corrected chi connectivity index (χ1v) is 7.02. The molecule has 3 rings (SSSR count). The number of nitriles is 2. The zero-order chi connectivity index (χ0) is 13.2. The molecule has 0 unspecified atom stereocenters. The van der Waals surface area contributed by atoms with E-state index in [1.807, 2.05) is 13.8 Å². The van der Waals surface area contributed by atoms with Crippen LogP contribution in [-0.2, 0) is 4.74 Å². The largest absolute Gasteiger partial charge is 0.327 e. The number of hydrogen-bond donors (Lipinski definition) is 2. The van der Waals surface area contributed by atoms with Crippen molar-refractivity contribution in [2.75, 3.05) is 12.4 Å². The second kappa shape index (κ2) is 3.01. The van der Waals surface area contributed by atoms with Crippen molar-refractivity contribution in [2.45, 2.75) is 25.3 Å². The number of amidine groups is 1. The summed E-state index contributed by atoms with van der Waals surface area (Å²) in [7, 11) is 0. The van der Waals surface area contributed by atoms with Gasteiger partial charge < -0.3 is 4.74 Å². The topological polar surface area (TPSA) is 96.8 Å². The van der Waals surface area contributed by atoms with Crippen molar-refractivity contribution in [1.82, 2.24) is 0 Å². The minimum atomic E-state index is -0.930. The van der Waals surface area contributed by atoms with E-state index >= 15 is 0 Å². The molecule has 2 aliphatic heterocycles. The highest BCUT2D eigenvalue weighted by Gasteiger charge is 3.01. The fourth-order valence-electron chi connectivity index (χ4n) is 4.04. The molecule has 2 heterocycles. The van der Waals surface area contributed by atoms with E-state index in [1.165, 1.54) is 0 Å². The lowest BCUT2D eigenvalue weighted by Crippen LogP contribution is -2.88. The number of nitrogens with two attached hydrogens (primary N) is 1. The first-order valence-electron chi connectivity index (χ1n) is 6.03. The average Bonchev–Trinajstić information content (AvgIpc) is 2.69. The van der Waals surface area contributed by atoms with Crippen molar-refractivity contribution in [3.8, 4) is 12.1 Å². The van der Waals surface area contributed by atoms with Crippen LogP contribution in [0.25, 0.3) is 0 Å². The zero-order valence-corrected chi connectivity index (χ0v) is 11.2. The van der Waals surface area contributed by atoms with Crippen molar-refractivity contribution < 1.29 is 9.73 Å². The molecule has 0 amide bonds. The molecule has 3 N–H and O–H groups in total. The predicted octanol–water partition coefficient (Wildman–Crippen LogP) is -0.695. The van der Waals surface area contributed by atoms with Gasteiger partial charge in [0.25, 0.3) is 10.9 Å². The van der Waals surface area contributed by atoms with Gasteiger partial charge in [-0.15, -0.1) is 0 Å². The third-order valence-electron chi connectivity index (χ3n) is 5.09. The average molecular weight is 263 g/mol. The maximum absolute atomic E-state index is 9.77. The lowest BCUT2D eigenvalue weighted by Gasteiger charge is -2.26. The summed E-state index contributed by atoms with van der Waals surface area (Å²) in [5.74, 6) is 1.20. The van der Waals surface area contributed by atoms with Gasteiger partial charge in [-0.05, 0) is 6.42 Å². The van der Waals surface area contributed by atoms with Crippen LogP contribution >= 0.6 is 11.8 Å². The molecule has 0 radical (unpaired) electrons. The first kappa shape index (κ1) is 11.8. The number of thioether (sulfide) groups is 1. The van der Waals surface area contributed by atoms with E-state index < -0.39 is 21.3 Å². The number of rotatable bonds is 1. The minimum Gasteiger partial charge on any atom is -0.327 e. The number of nitrogens with one attached hydrogen (secondary N) is 1. The van der Waals surface area contributed by atoms with Gasteiger partial charge in [0, 0.05) is 11.2 Å². The molecule has 18 heavy (non-hydrogen) atoms. The maximum atomic E-state index is 9.77. The van der Waals surface area contributed by atoms with Gasteiger partial charge >= 0.3 is 0 Å². The molecule has 5 nitrogen and oxygen atoms in total. The molecule has 6 heteroatoms. The Balaban J connectivity index is 2.28. The third-order valence-corrected chi connectivity index (χ3v) is 6.39. The van der Waals surface area contributed by atoms with Crippen molar-refractivity contribution in [3.63, 3.8) is 0 Å². The SMILES string of the molecule is CC[C@]1(C)[C@]2(C#N)C(N)=[NH+][C@@]3(OCCS3)[C@]12C#N. The zero-order valence-electron chi connectivity index (χ0n) is 10.4. The fourth-order valence-corrected chi connectivity index (χ4v) is 5.48. The van der Waals surface area contributed by atoms with Crippen LogP contribution < -0.4 is 10.7 Å². The van der Waals surface area contributed by atoms with E-state index in [-0.39, 0.29) is 0 Å². The van der Waals surface area contributed by atoms with Gasteiger partial charge in [-0.25, -0.2) is 4.99 Å². The summed E-state index contributed by atoms with van der Waals surface area (Å²) in [6, 6.07) is 4.69. The van der Waals surface area contributed by atoms with E-state index in [4.69, 9.17) is 10.5 Å². The molecule has 3 aliphatic rings. The quantitative estimate of drug-likeness (QED) is 0.652. The highest BCUT2D eigenvalue weighted by molar-refractivity contribution is 8.00. The van der Waals surface area contributed by atoms with Gasteiger partial charge in [0.1, 0.15) is 0 Å². The van der Waals surface area contributed by atoms with Crippen LogP contribution in [0.2, 0.25) is 0 Å². The van der Waals surface area contributed by atoms with Gasteiger partial charge in [0.15, 0.2) is 10.8 Å². The molecule has 1 aliphatic carbocycles. The smallest absolute Gasteiger partial charge is 0.277 e. The van der Waals surface area contributed by atoms with Gasteiger partial charge in [-0.2, -0.15) is 10.5 Å². The minimum absolute atomic E-state index is 0.394. The highest BCUT2D eigenvalue weighted by atomic mass is 32.2. The Labute approximate surface area is 110 Å². The molecular formula is C12H15N4OS+. The molecule has 0 aromatic carbocycles. The Hall–Kier alpha value is -1.24. The summed E-state index contributed by atoms with van der Waals surface area (Å²) in [6.07, 6.45) is 0.724. The molecule has 1 spiro atoms. The maximum Gasteiger partial charge on any atom is 0.277 e. The summed E-state index contributed by atoms with van der Waals surface area (Å²) in [6.45, 7) is 4.55. The fraction of sp³-hybridized carbons (Fsp3) is 0.750. The molecule has 2 fully saturated rings. The Bertz CT molecular complexity index is 541. The second-order valence-electron chi connectivity index (χ2n) is 5.26. The lowest BCUT2D eigenvalue weighted by molar-refractivity contribution is -0.585. The molecule has 94 valence electrons. The number of hydrogen-bond acceptors (Lipinski definition) is 5. The van der Waals surface area contributed by atoms with E-state index in [2.05, 4.69) is 17.1 Å². The second-order valence-corrected chi connectivity index (χ2v) is 6.53. The van der Waals surface area contributed by atoms with Crippen molar-refractivity contribution in [3.05, 3.63) is 0 Å². The molecule has 0 bridgehead atoms. The summed E-state index contributed by atoms with van der Waals surface area (Å²) in [4.78, 5) is 3.09. The molecule has 0 aromatic heterocycles. The summed E-state index contributed by atoms with van der Waals surface area (Å²) >= 11 is 1.55. The van der Waals surface area contributed by atoms with E-state index in [1.54, 1.807) is 11.8 Å². The van der Waals surface area contributed by atoms with Gasteiger partial charge in [-0.3, -0.25) is 5.73 Å². The van der Waals surface area contributed by atoms with Gasteiger partial charge in [-0.1, -0.05) is 25.6 Å². The first-order chi connectivity index (χ1) is 8.52. The van der Waals surface area contributed by atoms with Crippen LogP contribution in [0.15, 0.2) is 0 Å². The third kappa shape index (κ3) is 0.733. The van der Waals surface area contributed by atoms with E-state index in [0.29, 0.717) is 12.4 Å².